The molecule has 0 saturated heterocycles. The van der Waals surface area contributed by atoms with Crippen molar-refractivity contribution in [1.29, 1.82) is 0 Å². The first-order valence-corrected chi connectivity index (χ1v) is 10.2. The summed E-state index contributed by atoms with van der Waals surface area (Å²) in [6.07, 6.45) is 4.26. The Morgan fingerprint density at radius 1 is 0.615 bits per heavy atom. The fourth-order valence-electron chi connectivity index (χ4n) is 3.28. The first kappa shape index (κ1) is 27.3. The van der Waals surface area contributed by atoms with Gasteiger partial charge in [-0.3, -0.25) is 0 Å². The van der Waals surface area contributed by atoms with Gasteiger partial charge in [0.15, 0.2) is 0 Å². The third-order valence-corrected chi connectivity index (χ3v) is 3.88. The summed E-state index contributed by atoms with van der Waals surface area (Å²) < 4.78 is 0. The van der Waals surface area contributed by atoms with Crippen LogP contribution in [0.4, 0.5) is 4.79 Å². The van der Waals surface area contributed by atoms with Crippen LogP contribution in [0.3, 0.4) is 0 Å². The van der Waals surface area contributed by atoms with Gasteiger partial charge < -0.3 is 33.6 Å². The number of rotatable bonds is 10. The lowest BCUT2D eigenvalue weighted by Crippen LogP contribution is -2.62. The number of urea groups is 1. The van der Waals surface area contributed by atoms with Crippen LogP contribution in [0.5, 0.6) is 0 Å². The minimum absolute atomic E-state index is 0.0960. The lowest BCUT2D eigenvalue weighted by molar-refractivity contribution is -0.425. The molecule has 6 atom stereocenters. The van der Waals surface area contributed by atoms with Gasteiger partial charge in [0.25, 0.3) is 0 Å². The van der Waals surface area contributed by atoms with Crippen molar-refractivity contribution in [3.05, 3.63) is 0 Å². The van der Waals surface area contributed by atoms with E-state index >= 15 is 0 Å². The molecule has 6 unspecified atom stereocenters. The van der Waals surface area contributed by atoms with E-state index < -0.39 is 0 Å². The molecule has 0 radical (unpaired) electrons. The van der Waals surface area contributed by atoms with Crippen molar-refractivity contribution in [2.75, 3.05) is 0 Å². The number of hydrogen-bond acceptors (Lipinski definition) is 1. The Bertz CT molecular complexity index is 317. The van der Waals surface area contributed by atoms with Crippen LogP contribution in [0.2, 0.25) is 0 Å². The molecule has 0 fully saturated rings. The highest BCUT2D eigenvalue weighted by atomic mass is 16.2. The SMILES string of the molecule is CC([NH3+])CC(C)CC(C)[NH3+].CC([NH3+])CC(C)NC(=O)NC(C)CC(C)[NH3+]. The van der Waals surface area contributed by atoms with Crippen molar-refractivity contribution >= 4 is 6.03 Å². The molecule has 0 aliphatic heterocycles. The van der Waals surface area contributed by atoms with Crippen LogP contribution in [0, 0.1) is 5.92 Å². The van der Waals surface area contributed by atoms with E-state index in [1.165, 1.54) is 12.8 Å². The van der Waals surface area contributed by atoms with Crippen LogP contribution in [-0.4, -0.2) is 42.3 Å². The summed E-state index contributed by atoms with van der Waals surface area (Å²) in [5.74, 6) is 0.792. The highest BCUT2D eigenvalue weighted by Crippen LogP contribution is 2.09. The summed E-state index contributed by atoms with van der Waals surface area (Å²) in [5.41, 5.74) is 15.7. The molecular weight excluding hydrogens is 328 g/mol. The second kappa shape index (κ2) is 15.2. The Labute approximate surface area is 161 Å². The minimum Gasteiger partial charge on any atom is -0.355 e. The Hall–Kier alpha value is -0.890. The molecule has 0 aliphatic carbocycles. The molecule has 0 aliphatic rings. The maximum absolute atomic E-state index is 11.6. The summed E-state index contributed by atoms with van der Waals surface area (Å²) in [5, 5.41) is 5.81. The normalized spacial score (nSPS) is 19.0. The molecule has 0 aromatic rings. The quantitative estimate of drug-likeness (QED) is 0.277. The van der Waals surface area contributed by atoms with Crippen LogP contribution in [0.25, 0.3) is 0 Å². The molecule has 7 heteroatoms. The zero-order chi connectivity index (χ0) is 20.9. The highest BCUT2D eigenvalue weighted by Gasteiger charge is 2.14. The van der Waals surface area contributed by atoms with E-state index in [0.29, 0.717) is 24.2 Å². The van der Waals surface area contributed by atoms with Crippen molar-refractivity contribution in [2.45, 2.75) is 110 Å². The first-order chi connectivity index (χ1) is 11.8. The maximum Gasteiger partial charge on any atom is 0.315 e. The second-order valence-electron chi connectivity index (χ2n) is 8.89. The van der Waals surface area contributed by atoms with Crippen LogP contribution in [0.15, 0.2) is 0 Å². The number of carbonyl (C=O) groups excluding carboxylic acids is 1. The smallest absolute Gasteiger partial charge is 0.315 e. The molecule has 0 aromatic heterocycles. The Morgan fingerprint density at radius 2 is 0.885 bits per heavy atom. The molecular formula is C19H50N6O+4. The van der Waals surface area contributed by atoms with Crippen LogP contribution in [-0.2, 0) is 0 Å². The first-order valence-electron chi connectivity index (χ1n) is 10.2. The van der Waals surface area contributed by atoms with Gasteiger partial charge in [0.2, 0.25) is 0 Å². The van der Waals surface area contributed by atoms with Gasteiger partial charge in [0.05, 0.1) is 24.2 Å². The number of amides is 2. The fraction of sp³-hybridized carbons (Fsp3) is 0.947. The predicted octanol–water partition coefficient (Wildman–Crippen LogP) is -1.23. The second-order valence-corrected chi connectivity index (χ2v) is 8.89. The van der Waals surface area contributed by atoms with Gasteiger partial charge in [-0.15, -0.1) is 0 Å². The van der Waals surface area contributed by atoms with Crippen molar-refractivity contribution < 1.29 is 27.7 Å². The van der Waals surface area contributed by atoms with Crippen LogP contribution >= 0.6 is 0 Å². The van der Waals surface area contributed by atoms with Crippen molar-refractivity contribution in [3.63, 3.8) is 0 Å². The van der Waals surface area contributed by atoms with E-state index in [9.17, 15) is 4.79 Å². The van der Waals surface area contributed by atoms with E-state index in [1.54, 1.807) is 0 Å². The van der Waals surface area contributed by atoms with Crippen LogP contribution in [0.1, 0.15) is 74.1 Å². The van der Waals surface area contributed by atoms with Crippen molar-refractivity contribution in [1.82, 2.24) is 10.6 Å². The van der Waals surface area contributed by atoms with Gasteiger partial charge in [-0.1, -0.05) is 6.92 Å². The van der Waals surface area contributed by atoms with E-state index in [0.717, 1.165) is 18.8 Å². The van der Waals surface area contributed by atoms with E-state index in [4.69, 9.17) is 0 Å². The van der Waals surface area contributed by atoms with Gasteiger partial charge in [0, 0.05) is 37.8 Å². The summed E-state index contributed by atoms with van der Waals surface area (Å²) in [6.45, 7) is 14.7. The predicted molar refractivity (Wildman–Crippen MR) is 108 cm³/mol. The Morgan fingerprint density at radius 3 is 1.12 bits per heavy atom. The van der Waals surface area contributed by atoms with Gasteiger partial charge in [-0.05, 0) is 47.5 Å². The number of quaternary nitrogens is 4. The molecule has 0 spiro atoms. The average Bonchev–Trinajstić information content (AvgIpc) is 2.33. The molecule has 7 nitrogen and oxygen atoms in total. The van der Waals surface area contributed by atoms with Crippen molar-refractivity contribution in [3.8, 4) is 0 Å². The molecule has 14 N–H and O–H groups in total. The third kappa shape index (κ3) is 21.2. The number of nitrogens with one attached hydrogen (secondary N) is 2. The van der Waals surface area contributed by atoms with Gasteiger partial charge >= 0.3 is 6.03 Å². The summed E-state index contributed by atoms with van der Waals surface area (Å²) in [4.78, 5) is 11.6. The summed E-state index contributed by atoms with van der Waals surface area (Å²) in [7, 11) is 0. The molecule has 0 aromatic carbocycles. The van der Waals surface area contributed by atoms with Gasteiger partial charge in [0.1, 0.15) is 0 Å². The van der Waals surface area contributed by atoms with E-state index in [-0.39, 0.29) is 18.1 Å². The molecule has 26 heavy (non-hydrogen) atoms. The van der Waals surface area contributed by atoms with Gasteiger partial charge in [-0.2, -0.15) is 0 Å². The van der Waals surface area contributed by atoms with E-state index in [2.05, 4.69) is 54.3 Å². The minimum atomic E-state index is -0.0960. The monoisotopic (exact) mass is 378 g/mol. The Kier molecular flexibility index (Phi) is 16.0. The lowest BCUT2D eigenvalue weighted by Gasteiger charge is -2.18. The molecule has 0 bridgehead atoms. The number of hydrogen-bond donors (Lipinski definition) is 6. The number of carbonyl (C=O) groups is 1. The molecule has 0 heterocycles. The largest absolute Gasteiger partial charge is 0.355 e. The maximum atomic E-state index is 11.6. The zero-order valence-corrected chi connectivity index (χ0v) is 18.6. The molecule has 0 rings (SSSR count). The summed E-state index contributed by atoms with van der Waals surface area (Å²) in [6, 6.07) is 2.12. The topological polar surface area (TPSA) is 152 Å². The third-order valence-electron chi connectivity index (χ3n) is 3.88. The summed E-state index contributed by atoms with van der Waals surface area (Å²) >= 11 is 0. The lowest BCUT2D eigenvalue weighted by atomic mass is 9.97. The molecule has 158 valence electrons. The molecule has 0 saturated carbocycles. The Balaban J connectivity index is 0. The standard InChI is InChI=1S/C11H26N4O.C8H20N2/c1-7(12)5-9(3)14-11(16)15-10(4)6-8(2)13;1-6(4-7(2)9)5-8(3)10/h7-10H,5-6,12-13H2,1-4H3,(H2,14,15,16);6-8H,4-5,9-10H2,1-3H3/p+4. The molecule has 2 amide bonds. The highest BCUT2D eigenvalue weighted by molar-refractivity contribution is 5.74. The zero-order valence-electron chi connectivity index (χ0n) is 18.6. The van der Waals surface area contributed by atoms with Gasteiger partial charge in [-0.25, -0.2) is 4.79 Å². The average molecular weight is 379 g/mol. The van der Waals surface area contributed by atoms with E-state index in [1.807, 2.05) is 27.7 Å². The van der Waals surface area contributed by atoms with Crippen molar-refractivity contribution in [2.24, 2.45) is 5.92 Å². The van der Waals surface area contributed by atoms with Crippen LogP contribution < -0.4 is 33.6 Å². The fourth-order valence-corrected chi connectivity index (χ4v) is 3.28.